The zero-order valence-corrected chi connectivity index (χ0v) is 11.8. The van der Waals surface area contributed by atoms with E-state index in [-0.39, 0.29) is 5.82 Å². The van der Waals surface area contributed by atoms with Crippen LogP contribution in [0.5, 0.6) is 0 Å². The quantitative estimate of drug-likeness (QED) is 0.910. The molecule has 0 heterocycles. The molecule has 104 valence electrons. The Morgan fingerprint density at radius 3 is 2.50 bits per heavy atom. The Balaban J connectivity index is 2.55. The molecule has 0 bridgehead atoms. The van der Waals surface area contributed by atoms with Crippen molar-refractivity contribution in [1.29, 1.82) is 0 Å². The van der Waals surface area contributed by atoms with Crippen LogP contribution in [0.1, 0.15) is 25.0 Å². The summed E-state index contributed by atoms with van der Waals surface area (Å²) in [6.45, 7) is 5.18. The molecule has 0 aliphatic carbocycles. The van der Waals surface area contributed by atoms with E-state index in [4.69, 9.17) is 0 Å². The van der Waals surface area contributed by atoms with Gasteiger partial charge in [-0.3, -0.25) is 4.79 Å². The molecule has 0 saturated carbocycles. The molecule has 20 heavy (non-hydrogen) atoms. The van der Waals surface area contributed by atoms with Crippen molar-refractivity contribution in [2.75, 3.05) is 0 Å². The highest BCUT2D eigenvalue weighted by atomic mass is 19.1. The molecular formula is C17H17FO2. The molecule has 0 aliphatic rings. The first-order valence-corrected chi connectivity index (χ1v) is 6.43. The molecule has 3 heteroatoms. The van der Waals surface area contributed by atoms with Gasteiger partial charge >= 0.3 is 5.97 Å². The SMILES string of the molecule is Cc1ccc(F)c(-c2cccc(C(C)(C)C(=O)O)c2)c1. The lowest BCUT2D eigenvalue weighted by Gasteiger charge is -2.20. The molecule has 0 atom stereocenters. The molecule has 1 N–H and O–H groups in total. The summed E-state index contributed by atoms with van der Waals surface area (Å²) in [6, 6.07) is 12.0. The topological polar surface area (TPSA) is 37.3 Å². The van der Waals surface area contributed by atoms with Gasteiger partial charge in [-0.05, 0) is 50.1 Å². The largest absolute Gasteiger partial charge is 0.481 e. The average Bonchev–Trinajstić information content (AvgIpc) is 2.41. The lowest BCUT2D eigenvalue weighted by Crippen LogP contribution is -2.28. The molecule has 2 aromatic rings. The molecule has 0 fully saturated rings. The van der Waals surface area contributed by atoms with Crippen LogP contribution in [0.25, 0.3) is 11.1 Å². The molecular weight excluding hydrogens is 255 g/mol. The van der Waals surface area contributed by atoms with Crippen molar-refractivity contribution in [2.45, 2.75) is 26.2 Å². The van der Waals surface area contributed by atoms with E-state index in [1.165, 1.54) is 6.07 Å². The maximum Gasteiger partial charge on any atom is 0.313 e. The molecule has 0 spiro atoms. The summed E-state index contributed by atoms with van der Waals surface area (Å²) in [4.78, 5) is 11.3. The number of carbonyl (C=O) groups is 1. The molecule has 2 nitrogen and oxygen atoms in total. The lowest BCUT2D eigenvalue weighted by molar-refractivity contribution is -0.142. The Morgan fingerprint density at radius 1 is 1.15 bits per heavy atom. The molecule has 0 aromatic heterocycles. The van der Waals surface area contributed by atoms with Crippen molar-refractivity contribution in [3.05, 3.63) is 59.4 Å². The third-order valence-corrected chi connectivity index (χ3v) is 3.55. The number of aliphatic carboxylic acids is 1. The maximum atomic E-state index is 13.9. The van der Waals surface area contributed by atoms with Gasteiger partial charge in [0.05, 0.1) is 5.41 Å². The minimum atomic E-state index is -1.00. The van der Waals surface area contributed by atoms with E-state index in [2.05, 4.69) is 0 Å². The van der Waals surface area contributed by atoms with Gasteiger partial charge in [-0.15, -0.1) is 0 Å². The Kier molecular flexibility index (Phi) is 3.62. The highest BCUT2D eigenvalue weighted by Gasteiger charge is 2.29. The highest BCUT2D eigenvalue weighted by Crippen LogP contribution is 2.30. The zero-order chi connectivity index (χ0) is 14.9. The van der Waals surface area contributed by atoms with Gasteiger partial charge in [0.25, 0.3) is 0 Å². The van der Waals surface area contributed by atoms with Crippen molar-refractivity contribution in [3.8, 4) is 11.1 Å². The standard InChI is InChI=1S/C17H17FO2/c1-11-7-8-15(18)14(9-11)12-5-4-6-13(10-12)17(2,3)16(19)20/h4-10H,1-3H3,(H,19,20). The second kappa shape index (κ2) is 5.08. The number of halogens is 1. The van der Waals surface area contributed by atoms with Gasteiger partial charge in [0.2, 0.25) is 0 Å². The van der Waals surface area contributed by atoms with E-state index >= 15 is 0 Å². The van der Waals surface area contributed by atoms with Gasteiger partial charge in [-0.2, -0.15) is 0 Å². The van der Waals surface area contributed by atoms with Gasteiger partial charge in [-0.25, -0.2) is 4.39 Å². The Morgan fingerprint density at radius 2 is 1.85 bits per heavy atom. The number of benzene rings is 2. The number of carboxylic acid groups (broad SMARTS) is 1. The van der Waals surface area contributed by atoms with Crippen molar-refractivity contribution in [2.24, 2.45) is 0 Å². The number of carboxylic acids is 1. The Labute approximate surface area is 117 Å². The van der Waals surface area contributed by atoms with Crippen LogP contribution >= 0.6 is 0 Å². The lowest BCUT2D eigenvalue weighted by atomic mass is 9.83. The second-order valence-corrected chi connectivity index (χ2v) is 5.49. The summed E-state index contributed by atoms with van der Waals surface area (Å²) in [5.41, 5.74) is 1.80. The summed E-state index contributed by atoms with van der Waals surface area (Å²) in [5.74, 6) is -1.21. The van der Waals surface area contributed by atoms with Gasteiger partial charge in [0.15, 0.2) is 0 Å². The third kappa shape index (κ3) is 2.57. The number of hydrogen-bond donors (Lipinski definition) is 1. The van der Waals surface area contributed by atoms with Crippen LogP contribution in [0.15, 0.2) is 42.5 Å². The van der Waals surface area contributed by atoms with Crippen LogP contribution in [0, 0.1) is 12.7 Å². The monoisotopic (exact) mass is 272 g/mol. The Bertz CT molecular complexity index is 660. The average molecular weight is 272 g/mol. The van der Waals surface area contributed by atoms with Crippen molar-refractivity contribution >= 4 is 5.97 Å². The highest BCUT2D eigenvalue weighted by molar-refractivity contribution is 5.81. The summed E-state index contributed by atoms with van der Waals surface area (Å²) in [6.07, 6.45) is 0. The van der Waals surface area contributed by atoms with E-state index < -0.39 is 11.4 Å². The zero-order valence-electron chi connectivity index (χ0n) is 11.8. The van der Waals surface area contributed by atoms with Gasteiger partial charge in [-0.1, -0.05) is 29.8 Å². The minimum absolute atomic E-state index is 0.305. The van der Waals surface area contributed by atoms with Crippen LogP contribution in [-0.2, 0) is 10.2 Å². The van der Waals surface area contributed by atoms with Crippen LogP contribution in [0.4, 0.5) is 4.39 Å². The number of rotatable bonds is 3. The first kappa shape index (κ1) is 14.3. The van der Waals surface area contributed by atoms with Crippen LogP contribution in [0.3, 0.4) is 0 Å². The van der Waals surface area contributed by atoms with E-state index in [1.54, 1.807) is 50.2 Å². The van der Waals surface area contributed by atoms with E-state index in [1.807, 2.05) is 6.92 Å². The molecule has 0 radical (unpaired) electrons. The summed E-state index contributed by atoms with van der Waals surface area (Å²) < 4.78 is 13.9. The molecule has 2 aromatic carbocycles. The van der Waals surface area contributed by atoms with Crippen LogP contribution < -0.4 is 0 Å². The number of hydrogen-bond acceptors (Lipinski definition) is 1. The van der Waals surface area contributed by atoms with Gasteiger partial charge in [0, 0.05) is 5.56 Å². The third-order valence-electron chi connectivity index (χ3n) is 3.55. The van der Waals surface area contributed by atoms with Crippen LogP contribution in [-0.4, -0.2) is 11.1 Å². The molecule has 0 amide bonds. The predicted molar refractivity (Wildman–Crippen MR) is 77.2 cm³/mol. The summed E-state index contributed by atoms with van der Waals surface area (Å²) in [7, 11) is 0. The fourth-order valence-electron chi connectivity index (χ4n) is 2.06. The number of aryl methyl sites for hydroxylation is 1. The van der Waals surface area contributed by atoms with Gasteiger partial charge in [0.1, 0.15) is 5.82 Å². The van der Waals surface area contributed by atoms with Crippen LogP contribution in [0.2, 0.25) is 0 Å². The van der Waals surface area contributed by atoms with Crippen molar-refractivity contribution in [3.63, 3.8) is 0 Å². The van der Waals surface area contributed by atoms with E-state index in [0.717, 1.165) is 5.56 Å². The van der Waals surface area contributed by atoms with E-state index in [9.17, 15) is 14.3 Å². The second-order valence-electron chi connectivity index (χ2n) is 5.49. The smallest absolute Gasteiger partial charge is 0.313 e. The molecule has 2 rings (SSSR count). The van der Waals surface area contributed by atoms with E-state index in [0.29, 0.717) is 16.7 Å². The van der Waals surface area contributed by atoms with Crippen molar-refractivity contribution in [1.82, 2.24) is 0 Å². The molecule has 0 saturated heterocycles. The first-order valence-electron chi connectivity index (χ1n) is 6.43. The maximum absolute atomic E-state index is 13.9. The molecule has 0 unspecified atom stereocenters. The van der Waals surface area contributed by atoms with Gasteiger partial charge < -0.3 is 5.11 Å². The minimum Gasteiger partial charge on any atom is -0.481 e. The predicted octanol–water partition coefficient (Wildman–Crippen LogP) is 4.16. The molecule has 0 aliphatic heterocycles. The normalized spacial score (nSPS) is 11.4. The first-order chi connectivity index (χ1) is 9.32. The fraction of sp³-hybridized carbons (Fsp3) is 0.235. The summed E-state index contributed by atoms with van der Waals surface area (Å²) >= 11 is 0. The summed E-state index contributed by atoms with van der Waals surface area (Å²) in [5, 5.41) is 9.28. The fourth-order valence-corrected chi connectivity index (χ4v) is 2.06. The van der Waals surface area contributed by atoms with Crippen molar-refractivity contribution < 1.29 is 14.3 Å². The Hall–Kier alpha value is -2.16.